The lowest BCUT2D eigenvalue weighted by molar-refractivity contribution is -0.115. The third-order valence-corrected chi connectivity index (χ3v) is 2.64. The molecule has 1 amide bonds. The van der Waals surface area contributed by atoms with Crippen molar-refractivity contribution in [3.05, 3.63) is 22.1 Å². The van der Waals surface area contributed by atoms with E-state index in [1.807, 2.05) is 0 Å². The summed E-state index contributed by atoms with van der Waals surface area (Å²) >= 11 is 5.83. The van der Waals surface area contributed by atoms with E-state index in [1.54, 1.807) is 6.92 Å². The van der Waals surface area contributed by atoms with Crippen LogP contribution in [0.3, 0.4) is 0 Å². The minimum Gasteiger partial charge on any atom is -0.462 e. The molecule has 2 N–H and O–H groups in total. The summed E-state index contributed by atoms with van der Waals surface area (Å²) in [7, 11) is 0. The SMILES string of the molecule is CCOC(=O)c1cc(Cl)c(=N)n2c1NC(=O)C2. The lowest BCUT2D eigenvalue weighted by Gasteiger charge is -2.09. The van der Waals surface area contributed by atoms with Crippen molar-refractivity contribution in [1.29, 1.82) is 5.41 Å². The Labute approximate surface area is 102 Å². The van der Waals surface area contributed by atoms with Gasteiger partial charge in [-0.05, 0) is 13.0 Å². The molecule has 6 nitrogen and oxygen atoms in total. The lowest BCUT2D eigenvalue weighted by atomic mass is 10.2. The fraction of sp³-hybridized carbons (Fsp3) is 0.300. The van der Waals surface area contributed by atoms with Crippen molar-refractivity contribution in [3.8, 4) is 0 Å². The maximum Gasteiger partial charge on any atom is 0.341 e. The summed E-state index contributed by atoms with van der Waals surface area (Å²) in [5, 5.41) is 10.3. The molecule has 1 aliphatic rings. The van der Waals surface area contributed by atoms with Gasteiger partial charge >= 0.3 is 5.97 Å². The second-order valence-corrected chi connectivity index (χ2v) is 3.87. The van der Waals surface area contributed by atoms with E-state index < -0.39 is 5.97 Å². The molecule has 2 heterocycles. The molecule has 1 aliphatic heterocycles. The van der Waals surface area contributed by atoms with Crippen molar-refractivity contribution >= 4 is 29.3 Å². The Morgan fingerprint density at radius 1 is 1.71 bits per heavy atom. The summed E-state index contributed by atoms with van der Waals surface area (Å²) in [6.45, 7) is 1.90. The van der Waals surface area contributed by atoms with Crippen LogP contribution in [0.2, 0.25) is 5.02 Å². The highest BCUT2D eigenvalue weighted by Gasteiger charge is 2.25. The summed E-state index contributed by atoms with van der Waals surface area (Å²) < 4.78 is 6.20. The summed E-state index contributed by atoms with van der Waals surface area (Å²) in [4.78, 5) is 23.0. The third-order valence-electron chi connectivity index (χ3n) is 2.35. The van der Waals surface area contributed by atoms with Crippen molar-refractivity contribution in [3.63, 3.8) is 0 Å². The molecule has 0 saturated carbocycles. The van der Waals surface area contributed by atoms with Gasteiger partial charge in [0.15, 0.2) is 0 Å². The van der Waals surface area contributed by atoms with Gasteiger partial charge < -0.3 is 14.6 Å². The first-order valence-electron chi connectivity index (χ1n) is 4.99. The highest BCUT2D eigenvalue weighted by molar-refractivity contribution is 6.31. The third kappa shape index (κ3) is 1.91. The molecule has 1 aromatic heterocycles. The largest absolute Gasteiger partial charge is 0.462 e. The van der Waals surface area contributed by atoms with Gasteiger partial charge in [-0.1, -0.05) is 11.6 Å². The summed E-state index contributed by atoms with van der Waals surface area (Å²) in [6, 6.07) is 1.33. The van der Waals surface area contributed by atoms with Crippen LogP contribution in [0.1, 0.15) is 17.3 Å². The number of esters is 1. The molecule has 0 unspecified atom stereocenters. The molecule has 0 atom stereocenters. The van der Waals surface area contributed by atoms with Crippen molar-refractivity contribution < 1.29 is 14.3 Å². The van der Waals surface area contributed by atoms with Crippen LogP contribution < -0.4 is 10.8 Å². The van der Waals surface area contributed by atoms with Crippen LogP contribution in [0.25, 0.3) is 0 Å². The van der Waals surface area contributed by atoms with Gasteiger partial charge in [0.1, 0.15) is 23.4 Å². The Morgan fingerprint density at radius 2 is 2.41 bits per heavy atom. The van der Waals surface area contributed by atoms with Crippen molar-refractivity contribution in [1.82, 2.24) is 4.57 Å². The summed E-state index contributed by atoms with van der Waals surface area (Å²) in [5.74, 6) is -0.588. The van der Waals surface area contributed by atoms with E-state index >= 15 is 0 Å². The average Bonchev–Trinajstić information content (AvgIpc) is 2.66. The first kappa shape index (κ1) is 11.7. The van der Waals surface area contributed by atoms with Crippen LogP contribution in [0, 0.1) is 5.41 Å². The molecule has 0 fully saturated rings. The van der Waals surface area contributed by atoms with Crippen LogP contribution in [0.4, 0.5) is 5.82 Å². The Balaban J connectivity index is 2.59. The number of fused-ring (bicyclic) bond motifs is 1. The number of carbonyl (C=O) groups excluding carboxylic acids is 2. The maximum atomic E-state index is 11.7. The van der Waals surface area contributed by atoms with Gasteiger partial charge in [-0.15, -0.1) is 0 Å². The minimum absolute atomic E-state index is 0.00642. The van der Waals surface area contributed by atoms with E-state index in [-0.39, 0.29) is 41.0 Å². The highest BCUT2D eigenvalue weighted by atomic mass is 35.5. The summed E-state index contributed by atoms with van der Waals surface area (Å²) in [5.41, 5.74) is 0.159. The topological polar surface area (TPSA) is 84.2 Å². The molecule has 90 valence electrons. The number of carbonyl (C=O) groups is 2. The second-order valence-electron chi connectivity index (χ2n) is 3.46. The molecule has 0 radical (unpaired) electrons. The molecule has 0 bridgehead atoms. The second kappa shape index (κ2) is 4.21. The Kier molecular flexibility index (Phi) is 2.89. The molecule has 0 aromatic carbocycles. The van der Waals surface area contributed by atoms with Gasteiger partial charge in [0.05, 0.1) is 11.6 Å². The van der Waals surface area contributed by atoms with Crippen molar-refractivity contribution in [2.24, 2.45) is 0 Å². The molecule has 7 heteroatoms. The Morgan fingerprint density at radius 3 is 3.06 bits per heavy atom. The Hall–Kier alpha value is -1.82. The van der Waals surface area contributed by atoms with Crippen LogP contribution in [-0.2, 0) is 16.1 Å². The predicted molar refractivity (Wildman–Crippen MR) is 59.9 cm³/mol. The average molecular weight is 256 g/mol. The van der Waals surface area contributed by atoms with E-state index in [9.17, 15) is 9.59 Å². The standard InChI is InChI=1S/C10H10ClN3O3/c1-2-17-10(16)5-3-6(11)8(12)14-4-7(15)13-9(5)14/h3,12H,2,4H2,1H3,(H,13,15). The number of amides is 1. The van der Waals surface area contributed by atoms with E-state index in [4.69, 9.17) is 21.7 Å². The Bertz CT molecular complexity index is 565. The van der Waals surface area contributed by atoms with E-state index in [2.05, 4.69) is 5.32 Å². The van der Waals surface area contributed by atoms with Gasteiger partial charge in [-0.25, -0.2) is 4.79 Å². The number of rotatable bonds is 2. The number of nitrogens with zero attached hydrogens (tertiary/aromatic N) is 1. The zero-order valence-electron chi connectivity index (χ0n) is 9.04. The zero-order chi connectivity index (χ0) is 12.6. The van der Waals surface area contributed by atoms with E-state index in [1.165, 1.54) is 10.6 Å². The molecule has 17 heavy (non-hydrogen) atoms. The number of aromatic nitrogens is 1. The van der Waals surface area contributed by atoms with Gasteiger partial charge in [0, 0.05) is 0 Å². The molecule has 0 aliphatic carbocycles. The van der Waals surface area contributed by atoms with Gasteiger partial charge in [0.2, 0.25) is 5.91 Å². The number of ether oxygens (including phenoxy) is 1. The number of halogens is 1. The predicted octanol–water partition coefficient (Wildman–Crippen LogP) is 0.750. The first-order chi connectivity index (χ1) is 8.04. The maximum absolute atomic E-state index is 11.7. The quantitative estimate of drug-likeness (QED) is 0.765. The van der Waals surface area contributed by atoms with E-state index in [0.717, 1.165) is 0 Å². The number of nitrogens with one attached hydrogen (secondary N) is 2. The van der Waals surface area contributed by atoms with Gasteiger partial charge in [-0.2, -0.15) is 0 Å². The first-order valence-corrected chi connectivity index (χ1v) is 5.37. The number of pyridine rings is 1. The summed E-state index contributed by atoms with van der Waals surface area (Å²) in [6.07, 6.45) is 0. The monoisotopic (exact) mass is 255 g/mol. The van der Waals surface area contributed by atoms with Crippen LogP contribution >= 0.6 is 11.6 Å². The lowest BCUT2D eigenvalue weighted by Crippen LogP contribution is -2.21. The molecular formula is C10H10ClN3O3. The minimum atomic E-state index is -0.569. The molecule has 2 rings (SSSR count). The fourth-order valence-electron chi connectivity index (χ4n) is 1.62. The highest BCUT2D eigenvalue weighted by Crippen LogP contribution is 2.22. The molecule has 0 saturated heterocycles. The van der Waals surface area contributed by atoms with Gasteiger partial charge in [0.25, 0.3) is 0 Å². The van der Waals surface area contributed by atoms with Crippen molar-refractivity contribution in [2.45, 2.75) is 13.5 Å². The van der Waals surface area contributed by atoms with Crippen LogP contribution in [-0.4, -0.2) is 23.1 Å². The number of anilines is 1. The normalized spacial score (nSPS) is 13.2. The van der Waals surface area contributed by atoms with E-state index in [0.29, 0.717) is 0 Å². The molecule has 0 spiro atoms. The smallest absolute Gasteiger partial charge is 0.341 e. The van der Waals surface area contributed by atoms with Crippen LogP contribution in [0.15, 0.2) is 6.07 Å². The number of hydrogen-bond donors (Lipinski definition) is 2. The molecule has 1 aromatic rings. The van der Waals surface area contributed by atoms with Gasteiger partial charge in [-0.3, -0.25) is 10.2 Å². The van der Waals surface area contributed by atoms with Crippen molar-refractivity contribution in [2.75, 3.05) is 11.9 Å². The number of hydrogen-bond acceptors (Lipinski definition) is 4. The fourth-order valence-corrected chi connectivity index (χ4v) is 1.83. The van der Waals surface area contributed by atoms with Crippen LogP contribution in [0.5, 0.6) is 0 Å². The molecular weight excluding hydrogens is 246 g/mol. The zero-order valence-corrected chi connectivity index (χ0v) is 9.80.